The zero-order valence-corrected chi connectivity index (χ0v) is 19.8. The number of amides is 1. The van der Waals surface area contributed by atoms with Gasteiger partial charge in [-0.1, -0.05) is 42.4 Å². The fourth-order valence-corrected chi connectivity index (χ4v) is 6.68. The van der Waals surface area contributed by atoms with Gasteiger partial charge in [0.25, 0.3) is 5.91 Å². The predicted molar refractivity (Wildman–Crippen MR) is 128 cm³/mol. The second-order valence-electron chi connectivity index (χ2n) is 7.97. The number of nitrogens with zero attached hydrogens (tertiary/aromatic N) is 3. The van der Waals surface area contributed by atoms with Crippen LogP contribution in [-0.2, 0) is 16.6 Å². The second kappa shape index (κ2) is 9.52. The van der Waals surface area contributed by atoms with E-state index in [0.29, 0.717) is 30.0 Å². The standard InChI is InChI=1S/C24H27N3O3S2/c1-3-15-27-22-18(2)9-8-10-21(22)31-24(27)25-23(28)19-11-13-20(14-12-19)32(29,30)26-16-6-4-5-7-17-26/h3,8-14H,1,4-7,15-17H2,2H3. The predicted octanol–water partition coefficient (Wildman–Crippen LogP) is 4.50. The topological polar surface area (TPSA) is 71.7 Å². The maximum Gasteiger partial charge on any atom is 0.279 e. The highest BCUT2D eigenvalue weighted by molar-refractivity contribution is 7.89. The summed E-state index contributed by atoms with van der Waals surface area (Å²) in [5.41, 5.74) is 2.51. The minimum absolute atomic E-state index is 0.218. The fourth-order valence-electron chi connectivity index (χ4n) is 4.04. The molecule has 1 amide bonds. The number of hydrogen-bond acceptors (Lipinski definition) is 4. The lowest BCUT2D eigenvalue weighted by Crippen LogP contribution is -2.31. The summed E-state index contributed by atoms with van der Waals surface area (Å²) in [5.74, 6) is -0.397. The Kier molecular flexibility index (Phi) is 6.74. The molecule has 0 atom stereocenters. The number of benzene rings is 2. The lowest BCUT2D eigenvalue weighted by atomic mass is 10.2. The Labute approximate surface area is 192 Å². The van der Waals surface area contributed by atoms with Crippen molar-refractivity contribution in [1.29, 1.82) is 0 Å². The average Bonchev–Trinajstić information content (AvgIpc) is 2.94. The molecular formula is C24H27N3O3S2. The number of aromatic nitrogens is 1. The van der Waals surface area contributed by atoms with Crippen LogP contribution in [0.1, 0.15) is 41.6 Å². The molecule has 0 unspecified atom stereocenters. The zero-order chi connectivity index (χ0) is 22.7. The van der Waals surface area contributed by atoms with E-state index < -0.39 is 15.9 Å². The molecule has 32 heavy (non-hydrogen) atoms. The summed E-state index contributed by atoms with van der Waals surface area (Å²) in [4.78, 5) is 18.1. The molecular weight excluding hydrogens is 442 g/mol. The van der Waals surface area contributed by atoms with Gasteiger partial charge in [-0.05, 0) is 55.7 Å². The quantitative estimate of drug-likeness (QED) is 0.517. The number of thiazole rings is 1. The molecule has 0 bridgehead atoms. The molecule has 0 N–H and O–H groups in total. The van der Waals surface area contributed by atoms with Gasteiger partial charge in [0, 0.05) is 25.2 Å². The molecule has 4 rings (SSSR count). The van der Waals surface area contributed by atoms with Crippen molar-refractivity contribution in [2.45, 2.75) is 44.0 Å². The van der Waals surface area contributed by atoms with Crippen LogP contribution in [0.15, 0.2) is 65.0 Å². The van der Waals surface area contributed by atoms with Gasteiger partial charge in [0.05, 0.1) is 15.1 Å². The van der Waals surface area contributed by atoms with Crippen LogP contribution >= 0.6 is 11.3 Å². The maximum absolute atomic E-state index is 13.0. The first kappa shape index (κ1) is 22.6. The molecule has 3 aromatic rings. The van der Waals surface area contributed by atoms with Gasteiger partial charge in [-0.2, -0.15) is 9.30 Å². The van der Waals surface area contributed by atoms with Gasteiger partial charge in [-0.3, -0.25) is 4.79 Å². The summed E-state index contributed by atoms with van der Waals surface area (Å²) in [6.45, 7) is 7.50. The first-order valence-electron chi connectivity index (χ1n) is 10.8. The highest BCUT2D eigenvalue weighted by atomic mass is 32.2. The third kappa shape index (κ3) is 4.48. The number of para-hydroxylation sites is 1. The van der Waals surface area contributed by atoms with Crippen LogP contribution < -0.4 is 4.80 Å². The Morgan fingerprint density at radius 3 is 2.44 bits per heavy atom. The molecule has 1 aliphatic rings. The highest BCUT2D eigenvalue weighted by Crippen LogP contribution is 2.22. The molecule has 0 spiro atoms. The minimum atomic E-state index is -3.54. The van der Waals surface area contributed by atoms with Gasteiger partial charge >= 0.3 is 0 Å². The van der Waals surface area contributed by atoms with Crippen LogP contribution in [0.4, 0.5) is 0 Å². The molecule has 0 aliphatic carbocycles. The first-order valence-corrected chi connectivity index (χ1v) is 13.1. The average molecular weight is 470 g/mol. The maximum atomic E-state index is 13.0. The molecule has 1 saturated heterocycles. The monoisotopic (exact) mass is 469 g/mol. The van der Waals surface area contributed by atoms with Gasteiger partial charge in [0.1, 0.15) is 0 Å². The van der Waals surface area contributed by atoms with Crippen molar-refractivity contribution >= 4 is 37.5 Å². The Balaban J connectivity index is 1.65. The number of aryl methyl sites for hydroxylation is 1. The van der Waals surface area contributed by atoms with E-state index >= 15 is 0 Å². The fraction of sp³-hybridized carbons (Fsp3) is 0.333. The van der Waals surface area contributed by atoms with Crippen LogP contribution in [0.25, 0.3) is 10.2 Å². The van der Waals surface area contributed by atoms with Crippen molar-refractivity contribution in [3.05, 3.63) is 71.0 Å². The molecule has 1 aromatic heterocycles. The van der Waals surface area contributed by atoms with Crippen LogP contribution in [0.3, 0.4) is 0 Å². The normalized spacial score (nSPS) is 16.2. The molecule has 0 radical (unpaired) electrons. The summed E-state index contributed by atoms with van der Waals surface area (Å²) in [6.07, 6.45) is 5.67. The summed E-state index contributed by atoms with van der Waals surface area (Å²) >= 11 is 1.45. The summed E-state index contributed by atoms with van der Waals surface area (Å²) < 4.78 is 30.5. The number of allylic oxidation sites excluding steroid dienone is 1. The second-order valence-corrected chi connectivity index (χ2v) is 10.9. The van der Waals surface area contributed by atoms with Gasteiger partial charge < -0.3 is 4.57 Å². The third-order valence-electron chi connectivity index (χ3n) is 5.72. The van der Waals surface area contributed by atoms with Crippen molar-refractivity contribution in [1.82, 2.24) is 8.87 Å². The van der Waals surface area contributed by atoms with Crippen LogP contribution in [0, 0.1) is 6.92 Å². The Morgan fingerprint density at radius 2 is 1.78 bits per heavy atom. The molecule has 1 aliphatic heterocycles. The van der Waals surface area contributed by atoms with Crippen molar-refractivity contribution in [3.8, 4) is 0 Å². The lowest BCUT2D eigenvalue weighted by Gasteiger charge is -2.19. The van der Waals surface area contributed by atoms with Crippen molar-refractivity contribution in [3.63, 3.8) is 0 Å². The highest BCUT2D eigenvalue weighted by Gasteiger charge is 2.25. The first-order chi connectivity index (χ1) is 15.4. The van der Waals surface area contributed by atoms with E-state index in [1.807, 2.05) is 29.7 Å². The van der Waals surface area contributed by atoms with Crippen molar-refractivity contribution < 1.29 is 13.2 Å². The van der Waals surface area contributed by atoms with Crippen LogP contribution in [0.5, 0.6) is 0 Å². The van der Waals surface area contributed by atoms with E-state index in [1.54, 1.807) is 22.5 Å². The third-order valence-corrected chi connectivity index (χ3v) is 8.67. The molecule has 6 nitrogen and oxygen atoms in total. The van der Waals surface area contributed by atoms with Gasteiger partial charge in [-0.25, -0.2) is 8.42 Å². The van der Waals surface area contributed by atoms with E-state index in [9.17, 15) is 13.2 Å². The number of hydrogen-bond donors (Lipinski definition) is 0. The van der Waals surface area contributed by atoms with Crippen molar-refractivity contribution in [2.75, 3.05) is 13.1 Å². The lowest BCUT2D eigenvalue weighted by molar-refractivity contribution is 0.0997. The number of fused-ring (bicyclic) bond motifs is 1. The number of rotatable bonds is 5. The largest absolute Gasteiger partial charge is 0.312 e. The van der Waals surface area contributed by atoms with E-state index in [1.165, 1.54) is 23.5 Å². The number of sulfonamides is 1. The molecule has 8 heteroatoms. The SMILES string of the molecule is C=CCn1c(=NC(=O)c2ccc(S(=O)(=O)N3CCCCCC3)cc2)sc2cccc(C)c21. The van der Waals surface area contributed by atoms with Gasteiger partial charge in [0.2, 0.25) is 10.0 Å². The minimum Gasteiger partial charge on any atom is -0.312 e. The molecule has 168 valence electrons. The van der Waals surface area contributed by atoms with E-state index in [2.05, 4.69) is 11.6 Å². The van der Waals surface area contributed by atoms with Crippen molar-refractivity contribution in [2.24, 2.45) is 4.99 Å². The van der Waals surface area contributed by atoms with Crippen LogP contribution in [-0.4, -0.2) is 36.3 Å². The Bertz CT molecular complexity index is 1310. The number of carbonyl (C=O) groups is 1. The summed E-state index contributed by atoms with van der Waals surface area (Å²) in [6, 6.07) is 12.1. The van der Waals surface area contributed by atoms with Gasteiger partial charge in [0.15, 0.2) is 4.80 Å². The molecule has 2 heterocycles. The van der Waals surface area contributed by atoms with E-state index in [-0.39, 0.29) is 4.90 Å². The summed E-state index contributed by atoms with van der Waals surface area (Å²) in [5, 5.41) is 0. The molecule has 0 saturated carbocycles. The molecule has 1 fully saturated rings. The zero-order valence-electron chi connectivity index (χ0n) is 18.2. The molecule has 2 aromatic carbocycles. The number of carbonyl (C=O) groups excluding carboxylic acids is 1. The van der Waals surface area contributed by atoms with Gasteiger partial charge in [-0.15, -0.1) is 6.58 Å². The Morgan fingerprint density at radius 1 is 1.09 bits per heavy atom. The van der Waals surface area contributed by atoms with Crippen LogP contribution in [0.2, 0.25) is 0 Å². The van der Waals surface area contributed by atoms with E-state index in [4.69, 9.17) is 0 Å². The smallest absolute Gasteiger partial charge is 0.279 e. The summed E-state index contributed by atoms with van der Waals surface area (Å²) in [7, 11) is -3.54. The Hall–Kier alpha value is -2.55. The van der Waals surface area contributed by atoms with E-state index in [0.717, 1.165) is 41.5 Å².